The third-order valence-corrected chi connectivity index (χ3v) is 16.8. The van der Waals surface area contributed by atoms with Gasteiger partial charge in [0.15, 0.2) is 5.82 Å². The van der Waals surface area contributed by atoms with Gasteiger partial charge in [0.05, 0.1) is 11.1 Å². The SMILES string of the molecule is CCc1c(F)ccc2cc(O)cc(-c3ncc4c(N5C[C@H]6CC[C@@H](C5)N6)nc(OC[C@@H]5C[C@H](N6CCN(C(=O)CCCC(=O)NCc7ccc8c9c(cccc79)C(=O)N8C7CCC(=O)NC7=O)CC6)CN5C)nc4c3F)c12. The number of halogens is 2. The van der Waals surface area contributed by atoms with Crippen LogP contribution in [0, 0.1) is 11.6 Å². The molecular formula is C57H61F2N11O7. The quantitative estimate of drug-likeness (QED) is 0.102. The number of hydrogen-bond donors (Lipinski definition) is 4. The molecule has 77 heavy (non-hydrogen) atoms. The summed E-state index contributed by atoms with van der Waals surface area (Å²) in [6.45, 7) is 7.08. The number of nitrogens with one attached hydrogen (secondary N) is 3. The smallest absolute Gasteiger partial charge is 0.319 e. The lowest BCUT2D eigenvalue weighted by molar-refractivity contribution is -0.135. The average Bonchev–Trinajstić information content (AvgIpc) is 4.19. The van der Waals surface area contributed by atoms with Gasteiger partial charge in [0.2, 0.25) is 23.6 Å². The zero-order chi connectivity index (χ0) is 53.2. The second-order valence-corrected chi connectivity index (χ2v) is 21.5. The Labute approximate surface area is 443 Å². The fourth-order valence-electron chi connectivity index (χ4n) is 12.8. The number of nitrogens with zero attached hydrogens (tertiary/aromatic N) is 8. The minimum Gasteiger partial charge on any atom is -0.508 e. The molecule has 400 valence electrons. The van der Waals surface area contributed by atoms with Gasteiger partial charge in [0, 0.05) is 118 Å². The van der Waals surface area contributed by atoms with Gasteiger partial charge in [-0.1, -0.05) is 31.2 Å². The molecule has 6 aromatic rings. The van der Waals surface area contributed by atoms with Crippen LogP contribution in [0.25, 0.3) is 43.7 Å². The predicted molar refractivity (Wildman–Crippen MR) is 284 cm³/mol. The van der Waals surface area contributed by atoms with E-state index in [1.54, 1.807) is 30.5 Å². The van der Waals surface area contributed by atoms with Gasteiger partial charge in [0.1, 0.15) is 41.2 Å². The molecule has 2 bridgehead atoms. The Hall–Kier alpha value is -7.42. The van der Waals surface area contributed by atoms with Gasteiger partial charge in [-0.25, -0.2) is 8.78 Å². The summed E-state index contributed by atoms with van der Waals surface area (Å²) < 4.78 is 38.8. The van der Waals surface area contributed by atoms with Crippen molar-refractivity contribution in [1.82, 2.24) is 45.6 Å². The summed E-state index contributed by atoms with van der Waals surface area (Å²) in [5.41, 5.74) is 2.57. The molecule has 12 rings (SSSR count). The first-order valence-corrected chi connectivity index (χ1v) is 26.9. The molecule has 4 aromatic carbocycles. The van der Waals surface area contributed by atoms with Crippen LogP contribution < -0.4 is 30.5 Å². The lowest BCUT2D eigenvalue weighted by atomic mass is 9.94. The van der Waals surface area contributed by atoms with Crippen LogP contribution in [0.5, 0.6) is 11.8 Å². The van der Waals surface area contributed by atoms with Crippen LogP contribution >= 0.6 is 0 Å². The van der Waals surface area contributed by atoms with E-state index in [9.17, 15) is 29.1 Å². The van der Waals surface area contributed by atoms with Crippen molar-refractivity contribution in [2.75, 3.05) is 69.3 Å². The van der Waals surface area contributed by atoms with E-state index in [1.807, 2.05) is 24.0 Å². The van der Waals surface area contributed by atoms with Crippen molar-refractivity contribution in [3.8, 4) is 23.0 Å². The minimum absolute atomic E-state index is 0.0128. The number of ether oxygens (including phenoxy) is 1. The van der Waals surface area contributed by atoms with E-state index in [4.69, 9.17) is 14.7 Å². The number of amides is 5. The van der Waals surface area contributed by atoms with Gasteiger partial charge in [-0.2, -0.15) is 9.97 Å². The number of rotatable bonds is 14. The van der Waals surface area contributed by atoms with Gasteiger partial charge in [-0.3, -0.25) is 49.0 Å². The lowest BCUT2D eigenvalue weighted by Crippen LogP contribution is -2.53. The van der Waals surface area contributed by atoms with Crippen LogP contribution in [0.15, 0.2) is 60.8 Å². The predicted octanol–water partition coefficient (Wildman–Crippen LogP) is 5.33. The Bertz CT molecular complexity index is 3400. The number of piperazine rings is 2. The fraction of sp³-hybridized carbons (Fsp3) is 0.439. The maximum atomic E-state index is 17.2. The molecule has 0 spiro atoms. The monoisotopic (exact) mass is 1050 g/mol. The molecule has 0 saturated carbocycles. The molecule has 5 amide bonds. The lowest BCUT2D eigenvalue weighted by Gasteiger charge is -2.38. The van der Waals surface area contributed by atoms with Gasteiger partial charge in [0.25, 0.3) is 5.91 Å². The van der Waals surface area contributed by atoms with Crippen molar-refractivity contribution in [3.63, 3.8) is 0 Å². The normalized spacial score (nSPS) is 22.7. The van der Waals surface area contributed by atoms with Crippen molar-refractivity contribution in [2.24, 2.45) is 0 Å². The van der Waals surface area contributed by atoms with Crippen LogP contribution in [0.2, 0.25) is 0 Å². The summed E-state index contributed by atoms with van der Waals surface area (Å²) in [6, 6.07) is 15.0. The summed E-state index contributed by atoms with van der Waals surface area (Å²) in [7, 11) is 2.06. The molecule has 0 aliphatic carbocycles. The molecule has 4 N–H and O–H groups in total. The average molecular weight is 1050 g/mol. The summed E-state index contributed by atoms with van der Waals surface area (Å²) in [6.07, 6.45) is 6.04. The molecule has 6 aliphatic heterocycles. The molecule has 2 aromatic heterocycles. The zero-order valence-corrected chi connectivity index (χ0v) is 43.1. The molecule has 20 heteroatoms. The number of aromatic hydroxyl groups is 1. The highest BCUT2D eigenvalue weighted by Gasteiger charge is 2.42. The van der Waals surface area contributed by atoms with E-state index in [2.05, 4.69) is 42.7 Å². The van der Waals surface area contributed by atoms with E-state index in [1.165, 1.54) is 23.1 Å². The van der Waals surface area contributed by atoms with E-state index >= 15 is 8.78 Å². The largest absolute Gasteiger partial charge is 0.508 e. The Morgan fingerprint density at radius 1 is 0.896 bits per heavy atom. The second kappa shape index (κ2) is 20.5. The number of aryl methyl sites for hydroxylation is 1. The molecule has 18 nitrogen and oxygen atoms in total. The first-order chi connectivity index (χ1) is 37.3. The molecular weight excluding hydrogens is 989 g/mol. The van der Waals surface area contributed by atoms with Crippen molar-refractivity contribution in [2.45, 2.75) is 101 Å². The maximum Gasteiger partial charge on any atom is 0.319 e. The Morgan fingerprint density at radius 3 is 2.48 bits per heavy atom. The van der Waals surface area contributed by atoms with Gasteiger partial charge in [-0.15, -0.1) is 0 Å². The minimum atomic E-state index is -0.785. The number of likely N-dealkylation sites (N-methyl/N-ethyl adjacent to an activating group) is 1. The number of pyridine rings is 1. The van der Waals surface area contributed by atoms with Gasteiger partial charge in [-0.05, 0) is 103 Å². The van der Waals surface area contributed by atoms with E-state index < -0.39 is 23.6 Å². The third-order valence-electron chi connectivity index (χ3n) is 16.8. The molecule has 5 saturated heterocycles. The van der Waals surface area contributed by atoms with Crippen LogP contribution in [0.4, 0.5) is 20.3 Å². The van der Waals surface area contributed by atoms with E-state index in [-0.39, 0.29) is 115 Å². The topological polar surface area (TPSA) is 206 Å². The summed E-state index contributed by atoms with van der Waals surface area (Å²) in [5.74, 6) is -1.97. The number of carbonyl (C=O) groups is 5. The molecule has 5 atom stereocenters. The highest BCUT2D eigenvalue weighted by Crippen LogP contribution is 2.42. The molecule has 0 radical (unpaired) electrons. The zero-order valence-electron chi connectivity index (χ0n) is 43.1. The Balaban J connectivity index is 0.654. The van der Waals surface area contributed by atoms with Crippen LogP contribution in [-0.2, 0) is 32.1 Å². The van der Waals surface area contributed by atoms with Crippen molar-refractivity contribution >= 4 is 73.5 Å². The highest BCUT2D eigenvalue weighted by atomic mass is 19.1. The molecule has 5 fully saturated rings. The van der Waals surface area contributed by atoms with Crippen molar-refractivity contribution in [1.29, 1.82) is 0 Å². The molecule has 1 unspecified atom stereocenters. The Kier molecular flexibility index (Phi) is 13.4. The maximum absolute atomic E-state index is 17.2. The number of carbonyl (C=O) groups excluding carboxylic acids is 5. The first kappa shape index (κ1) is 50.4. The summed E-state index contributed by atoms with van der Waals surface area (Å²) >= 11 is 0. The van der Waals surface area contributed by atoms with Crippen LogP contribution in [0.3, 0.4) is 0 Å². The summed E-state index contributed by atoms with van der Waals surface area (Å²) in [4.78, 5) is 89.0. The molecule has 8 heterocycles. The van der Waals surface area contributed by atoms with Crippen LogP contribution in [-0.4, -0.2) is 154 Å². The number of likely N-dealkylation sites (tertiary alicyclic amines) is 1. The number of benzene rings is 4. The number of fused-ring (bicyclic) bond motifs is 4. The van der Waals surface area contributed by atoms with E-state index in [0.717, 1.165) is 36.8 Å². The first-order valence-electron chi connectivity index (χ1n) is 26.9. The highest BCUT2D eigenvalue weighted by molar-refractivity contribution is 6.27. The van der Waals surface area contributed by atoms with Crippen molar-refractivity contribution in [3.05, 3.63) is 89.1 Å². The molecule has 6 aliphatic rings. The summed E-state index contributed by atoms with van der Waals surface area (Å²) in [5, 5.41) is 22.8. The number of phenols is 1. The number of phenolic OH excluding ortho intramolecular Hbond substituents is 1. The standard InChI is InChI=1S/C57H61F2N11O7/c1-3-38-43(58)14-10-31-22-37(71)24-41(49(31)38)52-51(59)53-42(26-61-52)54(69-27-33-12-13-34(28-69)62-33)65-57(64-53)77-30-36-23-35(29-66(36)2)67-18-20-68(21-19-67)48(74)9-5-8-46(72)60-25-32-11-15-44-50-39(32)6-4-7-40(50)56(76)70(44)45-16-17-47(73)63-55(45)75/h4,6-7,10-11,14-15,22,24,26,33-36,45,62,71H,3,5,8-9,12-13,16-21,23,25,27-30H2,1-2H3,(H,60,72)(H,63,73,75)/t33-,34+,35-,36-,45?/m0/s1. The van der Waals surface area contributed by atoms with Gasteiger partial charge >= 0.3 is 6.01 Å². The van der Waals surface area contributed by atoms with Gasteiger partial charge < -0.3 is 30.3 Å². The van der Waals surface area contributed by atoms with Crippen molar-refractivity contribution < 1.29 is 42.6 Å². The third kappa shape index (κ3) is 9.43. The number of hydrogen-bond acceptors (Lipinski definition) is 14. The van der Waals surface area contributed by atoms with E-state index in [0.29, 0.717) is 96.3 Å². The Morgan fingerprint density at radius 2 is 1.70 bits per heavy atom. The van der Waals surface area contributed by atoms with Crippen LogP contribution in [0.1, 0.15) is 79.8 Å². The second-order valence-electron chi connectivity index (χ2n) is 21.5. The number of imide groups is 1. The number of aromatic nitrogens is 3. The number of piperidine rings is 1. The number of anilines is 2. The fourth-order valence-corrected chi connectivity index (χ4v) is 12.8.